The summed E-state index contributed by atoms with van der Waals surface area (Å²) in [4.78, 5) is 10.4. The van der Waals surface area contributed by atoms with Crippen LogP contribution in [0.3, 0.4) is 0 Å². The molecule has 0 unspecified atom stereocenters. The molecule has 110 valence electrons. The van der Waals surface area contributed by atoms with Crippen LogP contribution < -0.4 is 10.8 Å². The first-order valence-corrected chi connectivity index (χ1v) is 6.51. The topological polar surface area (TPSA) is 84.6 Å². The normalized spacial score (nSPS) is 11.6. The molecule has 1 aromatic rings. The highest BCUT2D eigenvalue weighted by Gasteiger charge is 2.31. The first-order chi connectivity index (χ1) is 9.19. The molecule has 0 aromatic heterocycles. The lowest BCUT2D eigenvalue weighted by molar-refractivity contribution is -0.383. The summed E-state index contributed by atoms with van der Waals surface area (Å²) in [6.07, 6.45) is 0. The number of hydrogen-bond acceptors (Lipinski definition) is 5. The van der Waals surface area contributed by atoms with Crippen LogP contribution in [0, 0.1) is 16.0 Å². The van der Waals surface area contributed by atoms with Gasteiger partial charge in [0.2, 0.25) is 0 Å². The summed E-state index contributed by atoms with van der Waals surface area (Å²) < 4.78 is 5.64. The molecule has 0 fully saturated rings. The van der Waals surface area contributed by atoms with Crippen molar-refractivity contribution in [1.82, 2.24) is 0 Å². The second kappa shape index (κ2) is 6.24. The van der Waals surface area contributed by atoms with Crippen molar-refractivity contribution in [2.45, 2.75) is 33.3 Å². The van der Waals surface area contributed by atoms with Crippen molar-refractivity contribution in [3.63, 3.8) is 0 Å². The van der Waals surface area contributed by atoms with Crippen molar-refractivity contribution in [2.24, 2.45) is 5.92 Å². The number of rotatable bonds is 6. The molecule has 20 heavy (non-hydrogen) atoms. The van der Waals surface area contributed by atoms with Crippen molar-refractivity contribution in [3.05, 3.63) is 28.3 Å². The molecule has 0 atom stereocenters. The Balaban J connectivity index is 3.00. The third-order valence-corrected chi connectivity index (χ3v) is 3.58. The second-order valence-electron chi connectivity index (χ2n) is 5.51. The molecule has 7 heteroatoms. The van der Waals surface area contributed by atoms with Crippen molar-refractivity contribution < 1.29 is 14.6 Å². The van der Waals surface area contributed by atoms with E-state index < -0.39 is 17.6 Å². The van der Waals surface area contributed by atoms with E-state index in [0.29, 0.717) is 11.2 Å². The average Bonchev–Trinajstić information content (AvgIpc) is 2.36. The van der Waals surface area contributed by atoms with Gasteiger partial charge in [-0.3, -0.25) is 10.1 Å². The van der Waals surface area contributed by atoms with Crippen molar-refractivity contribution in [1.29, 1.82) is 0 Å². The predicted molar refractivity (Wildman–Crippen MR) is 80.3 cm³/mol. The molecule has 0 aliphatic heterocycles. The summed E-state index contributed by atoms with van der Waals surface area (Å²) in [6.45, 7) is 7.79. The van der Waals surface area contributed by atoms with E-state index >= 15 is 0 Å². The number of hydrogen-bond donors (Lipinski definition) is 2. The maximum Gasteiger partial charge on any atom is 0.491 e. The molecule has 0 radical (unpaired) electrons. The molecule has 0 bridgehead atoms. The fraction of sp³-hybridized carbons (Fsp3) is 0.538. The van der Waals surface area contributed by atoms with E-state index in [-0.39, 0.29) is 11.6 Å². The summed E-state index contributed by atoms with van der Waals surface area (Å²) in [6, 6.07) is 4.38. The molecular formula is C13H21BN2O4. The summed E-state index contributed by atoms with van der Waals surface area (Å²) in [5, 5.41) is 23.7. The lowest BCUT2D eigenvalue weighted by atomic mass is 9.77. The first-order valence-electron chi connectivity index (χ1n) is 6.51. The molecule has 0 heterocycles. The van der Waals surface area contributed by atoms with Gasteiger partial charge in [-0.15, -0.1) is 0 Å². The fourth-order valence-corrected chi connectivity index (χ4v) is 1.56. The van der Waals surface area contributed by atoms with Crippen molar-refractivity contribution in [3.8, 4) is 0 Å². The zero-order valence-corrected chi connectivity index (χ0v) is 12.5. The summed E-state index contributed by atoms with van der Waals surface area (Å²) in [5.74, 6) is 0.221. The minimum absolute atomic E-state index is 0.0356. The standard InChI is InChI=1S/C13H21BN2O4/c1-9(2)13(3,4)20-14(17)10-6-7-12(16(18)19)11(8-10)15-5/h6-9,15,17H,1-5H3. The molecule has 0 aliphatic rings. The fourth-order valence-electron chi connectivity index (χ4n) is 1.56. The smallest absolute Gasteiger partial charge is 0.423 e. The van der Waals surface area contributed by atoms with Gasteiger partial charge in [-0.2, -0.15) is 0 Å². The van der Waals surface area contributed by atoms with Crippen LogP contribution in [0.25, 0.3) is 0 Å². The van der Waals surface area contributed by atoms with E-state index in [9.17, 15) is 15.1 Å². The maximum absolute atomic E-state index is 10.9. The average molecular weight is 280 g/mol. The van der Waals surface area contributed by atoms with Gasteiger partial charge in [-0.1, -0.05) is 19.9 Å². The quantitative estimate of drug-likeness (QED) is 0.471. The Morgan fingerprint density at radius 3 is 2.50 bits per heavy atom. The van der Waals surface area contributed by atoms with E-state index in [1.165, 1.54) is 18.2 Å². The van der Waals surface area contributed by atoms with Crippen LogP contribution in [-0.2, 0) is 4.65 Å². The van der Waals surface area contributed by atoms with E-state index in [4.69, 9.17) is 4.65 Å². The summed E-state index contributed by atoms with van der Waals surface area (Å²) >= 11 is 0. The number of nitrogens with zero attached hydrogens (tertiary/aromatic N) is 1. The highest BCUT2D eigenvalue weighted by atomic mass is 16.6. The zero-order chi connectivity index (χ0) is 15.5. The van der Waals surface area contributed by atoms with Crippen LogP contribution in [0.4, 0.5) is 11.4 Å². The largest absolute Gasteiger partial charge is 0.491 e. The monoisotopic (exact) mass is 280 g/mol. The van der Waals surface area contributed by atoms with Crippen LogP contribution in [-0.4, -0.2) is 29.7 Å². The summed E-state index contributed by atoms with van der Waals surface area (Å²) in [5.41, 5.74) is 0.291. The molecule has 0 saturated heterocycles. The van der Waals surface area contributed by atoms with Crippen LogP contribution >= 0.6 is 0 Å². The molecule has 2 N–H and O–H groups in total. The maximum atomic E-state index is 10.9. The van der Waals surface area contributed by atoms with Gasteiger partial charge in [0.05, 0.1) is 10.5 Å². The predicted octanol–water partition coefficient (Wildman–Crippen LogP) is 1.78. The Bertz CT molecular complexity index is 491. The van der Waals surface area contributed by atoms with Crippen LogP contribution in [0.15, 0.2) is 18.2 Å². The lowest BCUT2D eigenvalue weighted by Crippen LogP contribution is -2.44. The van der Waals surface area contributed by atoms with Crippen molar-refractivity contribution in [2.75, 3.05) is 12.4 Å². The minimum Gasteiger partial charge on any atom is -0.423 e. The van der Waals surface area contributed by atoms with E-state index in [0.717, 1.165) is 0 Å². The van der Waals surface area contributed by atoms with E-state index in [1.54, 1.807) is 7.05 Å². The Labute approximate surface area is 119 Å². The second-order valence-corrected chi connectivity index (χ2v) is 5.51. The van der Waals surface area contributed by atoms with E-state index in [2.05, 4.69) is 5.32 Å². The van der Waals surface area contributed by atoms with Gasteiger partial charge < -0.3 is 15.0 Å². The third-order valence-electron chi connectivity index (χ3n) is 3.58. The molecule has 0 aliphatic carbocycles. The van der Waals surface area contributed by atoms with Crippen LogP contribution in [0.5, 0.6) is 0 Å². The van der Waals surface area contributed by atoms with E-state index in [1.807, 2.05) is 27.7 Å². The molecule has 1 aromatic carbocycles. The molecule has 0 saturated carbocycles. The number of nitrogens with one attached hydrogen (secondary N) is 1. The van der Waals surface area contributed by atoms with Gasteiger partial charge in [-0.05, 0) is 31.3 Å². The van der Waals surface area contributed by atoms with Gasteiger partial charge in [0.25, 0.3) is 5.69 Å². The Hall–Kier alpha value is -1.60. The van der Waals surface area contributed by atoms with Gasteiger partial charge >= 0.3 is 7.12 Å². The molecule has 0 amide bonds. The van der Waals surface area contributed by atoms with Gasteiger partial charge in [-0.25, -0.2) is 0 Å². The Morgan fingerprint density at radius 1 is 1.45 bits per heavy atom. The molecule has 6 nitrogen and oxygen atoms in total. The Morgan fingerprint density at radius 2 is 2.05 bits per heavy atom. The highest BCUT2D eigenvalue weighted by Crippen LogP contribution is 2.24. The third kappa shape index (κ3) is 3.71. The summed E-state index contributed by atoms with van der Waals surface area (Å²) in [7, 11) is 0.470. The first kappa shape index (κ1) is 16.5. The SMILES string of the molecule is CNc1cc(B(O)OC(C)(C)C(C)C)ccc1[N+](=O)[O-]. The number of benzene rings is 1. The van der Waals surface area contributed by atoms with Gasteiger partial charge in [0.1, 0.15) is 5.69 Å². The van der Waals surface area contributed by atoms with Crippen LogP contribution in [0.1, 0.15) is 27.7 Å². The number of anilines is 1. The number of nitro groups is 1. The molecule has 1 rings (SSSR count). The highest BCUT2D eigenvalue weighted by molar-refractivity contribution is 6.60. The minimum atomic E-state index is -1.12. The molecule has 0 spiro atoms. The van der Waals surface area contributed by atoms with Gasteiger partial charge in [0, 0.05) is 13.1 Å². The van der Waals surface area contributed by atoms with Crippen molar-refractivity contribution >= 4 is 24.0 Å². The zero-order valence-electron chi connectivity index (χ0n) is 12.5. The Kier molecular flexibility index (Phi) is 5.13. The lowest BCUT2D eigenvalue weighted by Gasteiger charge is -2.31. The number of nitro benzene ring substituents is 1. The molecular weight excluding hydrogens is 259 g/mol. The van der Waals surface area contributed by atoms with Gasteiger partial charge in [0.15, 0.2) is 0 Å². The van der Waals surface area contributed by atoms with Crippen LogP contribution in [0.2, 0.25) is 0 Å².